The van der Waals surface area contributed by atoms with Gasteiger partial charge in [-0.15, -0.1) is 0 Å². The van der Waals surface area contributed by atoms with E-state index >= 15 is 0 Å². The fourth-order valence-electron chi connectivity index (χ4n) is 1.70. The molecule has 0 aliphatic carbocycles. The Labute approximate surface area is 153 Å². The molecule has 1 unspecified atom stereocenters. The van der Waals surface area contributed by atoms with Crippen molar-refractivity contribution in [1.29, 1.82) is 0 Å². The fraction of sp³-hybridized carbons (Fsp3) is 0.200. The van der Waals surface area contributed by atoms with E-state index in [0.29, 0.717) is 0 Å². The van der Waals surface area contributed by atoms with Crippen LogP contribution in [0.3, 0.4) is 0 Å². The number of hydrogen-bond donors (Lipinski definition) is 0. The molecule has 3 nitrogen and oxygen atoms in total. The molecule has 0 saturated carbocycles. The third-order valence-electron chi connectivity index (χ3n) is 2.92. The first-order chi connectivity index (χ1) is 12.0. The zero-order valence-electron chi connectivity index (χ0n) is 12.6. The van der Waals surface area contributed by atoms with Crippen LogP contribution in [0.4, 0.5) is 26.3 Å². The molecule has 0 amide bonds. The molecule has 2 aromatic rings. The zero-order valence-corrected chi connectivity index (χ0v) is 15.6. The second-order valence-corrected chi connectivity index (χ2v) is 11.4. The Morgan fingerprint density at radius 3 is 1.54 bits per heavy atom. The Morgan fingerprint density at radius 1 is 0.808 bits per heavy atom. The first-order valence-electron chi connectivity index (χ1n) is 6.80. The van der Waals surface area contributed by atoms with Crippen LogP contribution in [0.25, 0.3) is 0 Å². The monoisotopic (exact) mass is 512 g/mol. The molecular formula is C15H11F6IO3S. The quantitative estimate of drug-likeness (QED) is 0.405. The van der Waals surface area contributed by atoms with Crippen LogP contribution in [0.5, 0.6) is 0 Å². The first-order valence-corrected chi connectivity index (χ1v) is 11.2. The topological polar surface area (TPSA) is 43.4 Å². The Morgan fingerprint density at radius 2 is 1.19 bits per heavy atom. The van der Waals surface area contributed by atoms with Crippen LogP contribution < -0.4 is 0 Å². The van der Waals surface area contributed by atoms with Crippen molar-refractivity contribution in [2.24, 2.45) is 0 Å². The number of benzene rings is 2. The SMILES string of the molecule is O=S(=O)(OI(c1ccccc1)c1ccccc1)C(F)(F)C(F)C(F)(F)F. The summed E-state index contributed by atoms with van der Waals surface area (Å²) in [6.45, 7) is 0. The van der Waals surface area contributed by atoms with Crippen LogP contribution in [0.1, 0.15) is 0 Å². The van der Waals surface area contributed by atoms with Crippen molar-refractivity contribution < 1.29 is 37.3 Å². The fourth-order valence-corrected chi connectivity index (χ4v) is 8.72. The molecule has 0 aliphatic heterocycles. The Balaban J connectivity index is 2.45. The van der Waals surface area contributed by atoms with E-state index < -0.39 is 48.0 Å². The maximum absolute atomic E-state index is 13.7. The van der Waals surface area contributed by atoms with Gasteiger partial charge in [-0.1, -0.05) is 0 Å². The first kappa shape index (κ1) is 21.0. The van der Waals surface area contributed by atoms with Crippen molar-refractivity contribution in [2.45, 2.75) is 17.6 Å². The third-order valence-corrected chi connectivity index (χ3v) is 10.3. The van der Waals surface area contributed by atoms with Crippen molar-refractivity contribution in [2.75, 3.05) is 0 Å². The van der Waals surface area contributed by atoms with Gasteiger partial charge in [0.25, 0.3) is 0 Å². The molecule has 0 spiro atoms. The van der Waals surface area contributed by atoms with Gasteiger partial charge in [-0.2, -0.15) is 0 Å². The number of rotatable bonds is 6. The van der Waals surface area contributed by atoms with Gasteiger partial charge >= 0.3 is 153 Å². The van der Waals surface area contributed by atoms with Gasteiger partial charge in [-0.05, 0) is 0 Å². The average Bonchev–Trinajstić information content (AvgIpc) is 2.59. The van der Waals surface area contributed by atoms with Gasteiger partial charge in [0.2, 0.25) is 0 Å². The molecule has 0 aliphatic rings. The van der Waals surface area contributed by atoms with Crippen LogP contribution in [-0.2, 0) is 12.6 Å². The summed E-state index contributed by atoms with van der Waals surface area (Å²) in [7, 11) is -6.20. The molecule has 11 heteroatoms. The molecule has 0 bridgehead atoms. The standard InChI is InChI=1S/C15H11F6IO3S/c16-13(14(17,18)19)15(20,21)26(23,24)25-22(11-7-3-1-4-8-11)12-9-5-2-6-10-12/h1-10,13H. The maximum atomic E-state index is 13.7. The van der Waals surface area contributed by atoms with Gasteiger partial charge in [-0.3, -0.25) is 0 Å². The Bertz CT molecular complexity index is 788. The van der Waals surface area contributed by atoms with Crippen molar-refractivity contribution >= 4 is 30.4 Å². The van der Waals surface area contributed by atoms with E-state index in [1.54, 1.807) is 12.1 Å². The van der Waals surface area contributed by atoms with Crippen LogP contribution >= 0.6 is 20.2 Å². The second-order valence-electron chi connectivity index (χ2n) is 4.82. The summed E-state index contributed by atoms with van der Waals surface area (Å²) in [4.78, 5) is 0. The van der Waals surface area contributed by atoms with Crippen LogP contribution in [-0.4, -0.2) is 26.0 Å². The van der Waals surface area contributed by atoms with Crippen LogP contribution in [0, 0.1) is 7.14 Å². The Hall–Kier alpha value is -1.34. The van der Waals surface area contributed by atoms with E-state index in [1.807, 2.05) is 0 Å². The van der Waals surface area contributed by atoms with Crippen molar-refractivity contribution in [3.8, 4) is 0 Å². The van der Waals surface area contributed by atoms with E-state index in [-0.39, 0.29) is 7.14 Å². The summed E-state index contributed by atoms with van der Waals surface area (Å²) >= 11 is -3.59. The van der Waals surface area contributed by atoms with E-state index in [2.05, 4.69) is 2.51 Å². The van der Waals surface area contributed by atoms with Crippen molar-refractivity contribution in [3.63, 3.8) is 0 Å². The normalized spacial score (nSPS) is 14.8. The molecule has 1 atom stereocenters. The molecule has 0 radical (unpaired) electrons. The van der Waals surface area contributed by atoms with Gasteiger partial charge in [0, 0.05) is 0 Å². The second kappa shape index (κ2) is 7.72. The molecule has 2 rings (SSSR count). The molecular weight excluding hydrogens is 501 g/mol. The molecule has 0 heterocycles. The van der Waals surface area contributed by atoms with Crippen LogP contribution in [0.15, 0.2) is 60.7 Å². The average molecular weight is 512 g/mol. The number of hydrogen-bond acceptors (Lipinski definition) is 3. The van der Waals surface area contributed by atoms with Gasteiger partial charge in [-0.25, -0.2) is 0 Å². The number of halogens is 7. The van der Waals surface area contributed by atoms with E-state index in [9.17, 15) is 34.8 Å². The summed E-state index contributed by atoms with van der Waals surface area (Å²) < 4.78 is 106. The van der Waals surface area contributed by atoms with Gasteiger partial charge in [0.05, 0.1) is 0 Å². The van der Waals surface area contributed by atoms with Gasteiger partial charge < -0.3 is 0 Å². The molecule has 0 N–H and O–H groups in total. The molecule has 26 heavy (non-hydrogen) atoms. The van der Waals surface area contributed by atoms with E-state index in [4.69, 9.17) is 0 Å². The minimum absolute atomic E-state index is 0.240. The third kappa shape index (κ3) is 4.49. The summed E-state index contributed by atoms with van der Waals surface area (Å²) in [5.74, 6) is 0. The molecule has 0 aromatic heterocycles. The van der Waals surface area contributed by atoms with E-state index in [0.717, 1.165) is 0 Å². The van der Waals surface area contributed by atoms with Gasteiger partial charge in [0.15, 0.2) is 0 Å². The molecule has 0 saturated heterocycles. The molecule has 144 valence electrons. The van der Waals surface area contributed by atoms with Crippen molar-refractivity contribution in [3.05, 3.63) is 67.8 Å². The predicted molar refractivity (Wildman–Crippen MR) is 90.2 cm³/mol. The number of alkyl halides is 6. The minimum atomic E-state index is -6.20. The summed E-state index contributed by atoms with van der Waals surface area (Å²) in [5.41, 5.74) is 0. The van der Waals surface area contributed by atoms with Crippen LogP contribution in [0.2, 0.25) is 0 Å². The molecule has 2 aromatic carbocycles. The zero-order chi connectivity index (χ0) is 19.6. The summed E-state index contributed by atoms with van der Waals surface area (Å²) in [5, 5.41) is -5.77. The predicted octanol–water partition coefficient (Wildman–Crippen LogP) is 4.99. The van der Waals surface area contributed by atoms with E-state index in [1.165, 1.54) is 48.5 Å². The molecule has 0 fully saturated rings. The van der Waals surface area contributed by atoms with Gasteiger partial charge in [0.1, 0.15) is 0 Å². The Kier molecular flexibility index (Phi) is 6.23. The summed E-state index contributed by atoms with van der Waals surface area (Å²) in [6, 6.07) is 14.7. The summed E-state index contributed by atoms with van der Waals surface area (Å²) in [6.07, 6.45) is -11.0. The van der Waals surface area contributed by atoms with Crippen molar-refractivity contribution in [1.82, 2.24) is 0 Å².